The number of nitrogens with one attached hydrogen (secondary N) is 2. The van der Waals surface area contributed by atoms with E-state index < -0.39 is 14.6 Å². The van der Waals surface area contributed by atoms with Crippen LogP contribution >= 0.6 is 24.0 Å². The van der Waals surface area contributed by atoms with Crippen molar-refractivity contribution >= 4 is 39.8 Å². The summed E-state index contributed by atoms with van der Waals surface area (Å²) in [6.45, 7) is 14.6. The molecular weight excluding hydrogens is 489 g/mol. The fourth-order valence-corrected chi connectivity index (χ4v) is 3.16. The molecule has 0 atom stereocenters. The van der Waals surface area contributed by atoms with Gasteiger partial charge in [-0.2, -0.15) is 0 Å². The van der Waals surface area contributed by atoms with Crippen molar-refractivity contribution in [3.8, 4) is 5.75 Å². The Kier molecular flexibility index (Phi) is 10.8. The Morgan fingerprint density at radius 3 is 2.21 bits per heavy atom. The molecule has 0 saturated carbocycles. The summed E-state index contributed by atoms with van der Waals surface area (Å²) in [4.78, 5) is 4.58. The molecule has 0 unspecified atom stereocenters. The predicted octanol–water partition coefficient (Wildman–Crippen LogP) is 3.75. The minimum absolute atomic E-state index is 0. The van der Waals surface area contributed by atoms with E-state index >= 15 is 0 Å². The van der Waals surface area contributed by atoms with E-state index in [-0.39, 0.29) is 35.3 Å². The average molecular weight is 525 g/mol. The number of hydrogen-bond donors (Lipinski definition) is 2. The van der Waals surface area contributed by atoms with Crippen molar-refractivity contribution in [2.24, 2.45) is 4.99 Å². The molecule has 0 aliphatic heterocycles. The number of sulfone groups is 1. The zero-order valence-corrected chi connectivity index (χ0v) is 21.3. The first-order chi connectivity index (χ1) is 12.4. The third-order valence-corrected chi connectivity index (χ3v) is 6.34. The third kappa shape index (κ3) is 9.45. The maximum Gasteiger partial charge on any atom is 0.191 e. The number of hydrogen-bond acceptors (Lipinski definition) is 4. The van der Waals surface area contributed by atoms with Crippen molar-refractivity contribution in [2.45, 2.75) is 65.4 Å². The zero-order chi connectivity index (χ0) is 20.7. The number of guanidine groups is 1. The first kappa shape index (κ1) is 27.0. The molecule has 0 bridgehead atoms. The molecule has 0 saturated heterocycles. The van der Waals surface area contributed by atoms with Crippen molar-refractivity contribution in [1.29, 1.82) is 0 Å². The Bertz CT molecular complexity index is 736. The van der Waals surface area contributed by atoms with Crippen LogP contribution in [0.2, 0.25) is 0 Å². The molecule has 0 amide bonds. The molecule has 0 radical (unpaired) electrons. The lowest BCUT2D eigenvalue weighted by atomic mass is 10.1. The van der Waals surface area contributed by atoms with Gasteiger partial charge in [-0.25, -0.2) is 13.4 Å². The summed E-state index contributed by atoms with van der Waals surface area (Å²) in [5, 5.41) is 6.25. The number of rotatable bonds is 7. The van der Waals surface area contributed by atoms with Gasteiger partial charge in [0.05, 0.1) is 17.0 Å². The van der Waals surface area contributed by atoms with Crippen LogP contribution < -0.4 is 15.4 Å². The predicted molar refractivity (Wildman–Crippen MR) is 129 cm³/mol. The first-order valence-corrected chi connectivity index (χ1v) is 11.0. The van der Waals surface area contributed by atoms with Gasteiger partial charge < -0.3 is 15.4 Å². The third-order valence-electron chi connectivity index (χ3n) is 3.74. The highest BCUT2D eigenvalue weighted by molar-refractivity contribution is 14.0. The molecule has 2 N–H and O–H groups in total. The van der Waals surface area contributed by atoms with Crippen molar-refractivity contribution in [2.75, 3.05) is 18.8 Å². The van der Waals surface area contributed by atoms with Crippen LogP contribution in [-0.4, -0.2) is 43.6 Å². The second-order valence-corrected chi connectivity index (χ2v) is 11.2. The van der Waals surface area contributed by atoms with Crippen molar-refractivity contribution in [3.05, 3.63) is 29.8 Å². The minimum atomic E-state index is -3.17. The molecule has 8 heteroatoms. The summed E-state index contributed by atoms with van der Waals surface area (Å²) in [7, 11) is -3.17. The first-order valence-electron chi connectivity index (χ1n) is 9.37. The molecule has 0 spiro atoms. The van der Waals surface area contributed by atoms with E-state index in [9.17, 15) is 8.42 Å². The summed E-state index contributed by atoms with van der Waals surface area (Å²) >= 11 is 0. The largest absolute Gasteiger partial charge is 0.488 e. The van der Waals surface area contributed by atoms with Gasteiger partial charge in [0.2, 0.25) is 0 Å². The summed E-state index contributed by atoms with van der Waals surface area (Å²) in [6.07, 6.45) is 0. The molecule has 0 aliphatic carbocycles. The van der Waals surface area contributed by atoms with Crippen LogP contribution in [0.5, 0.6) is 5.75 Å². The second-order valence-electron chi connectivity index (χ2n) is 8.38. The molecule has 6 nitrogen and oxygen atoms in total. The number of halogens is 1. The quantitative estimate of drug-likeness (QED) is 0.322. The summed E-state index contributed by atoms with van der Waals surface area (Å²) in [5.74, 6) is 1.46. The van der Waals surface area contributed by atoms with E-state index in [1.54, 1.807) is 20.8 Å². The number of benzene rings is 1. The normalized spacial score (nSPS) is 12.9. The molecule has 0 aliphatic rings. The Morgan fingerprint density at radius 2 is 1.68 bits per heavy atom. The van der Waals surface area contributed by atoms with Crippen molar-refractivity contribution < 1.29 is 13.2 Å². The van der Waals surface area contributed by atoms with Crippen molar-refractivity contribution in [1.82, 2.24) is 10.6 Å². The van der Waals surface area contributed by atoms with Crippen LogP contribution in [-0.2, 0) is 16.4 Å². The number of para-hydroxylation sites is 1. The Balaban J connectivity index is 0.00000729. The van der Waals surface area contributed by atoms with Crippen LogP contribution in [0.25, 0.3) is 0 Å². The number of aliphatic imine (C=N–C) groups is 1. The molecule has 0 heterocycles. The zero-order valence-electron chi connectivity index (χ0n) is 18.1. The molecule has 0 fully saturated rings. The van der Waals surface area contributed by atoms with Gasteiger partial charge in [-0.15, -0.1) is 24.0 Å². The van der Waals surface area contributed by atoms with Crippen LogP contribution in [0, 0.1) is 0 Å². The van der Waals surface area contributed by atoms with Crippen LogP contribution in [0.15, 0.2) is 29.3 Å². The maximum absolute atomic E-state index is 12.2. The Morgan fingerprint density at radius 1 is 1.07 bits per heavy atom. The summed E-state index contributed by atoms with van der Waals surface area (Å²) < 4.78 is 29.7. The lowest BCUT2D eigenvalue weighted by molar-refractivity contribution is 0.129. The van der Waals surface area contributed by atoms with E-state index in [4.69, 9.17) is 4.74 Å². The van der Waals surface area contributed by atoms with Crippen LogP contribution in [0.4, 0.5) is 0 Å². The van der Waals surface area contributed by atoms with E-state index in [1.165, 1.54) is 0 Å². The monoisotopic (exact) mass is 525 g/mol. The van der Waals surface area contributed by atoms with Crippen LogP contribution in [0.3, 0.4) is 0 Å². The van der Waals surface area contributed by atoms with Gasteiger partial charge in [-0.3, -0.25) is 0 Å². The van der Waals surface area contributed by atoms with Gasteiger partial charge in [0.15, 0.2) is 15.8 Å². The van der Waals surface area contributed by atoms with Crippen molar-refractivity contribution in [3.63, 3.8) is 0 Å². The lowest BCUT2D eigenvalue weighted by Crippen LogP contribution is -2.41. The van der Waals surface area contributed by atoms with Gasteiger partial charge in [-0.05, 0) is 54.5 Å². The lowest BCUT2D eigenvalue weighted by Gasteiger charge is -2.23. The molecular formula is C20H36IN3O3S. The SMILES string of the molecule is CCNC(=NCc1ccccc1OC(C)(C)C)NCCS(=O)(=O)C(C)(C)C.I. The molecule has 1 rings (SSSR count). The topological polar surface area (TPSA) is 79.8 Å². The van der Waals surface area contributed by atoms with Gasteiger partial charge in [0, 0.05) is 18.7 Å². The van der Waals surface area contributed by atoms with E-state index in [1.807, 2.05) is 52.0 Å². The highest BCUT2D eigenvalue weighted by Gasteiger charge is 2.28. The van der Waals surface area contributed by atoms with Gasteiger partial charge >= 0.3 is 0 Å². The van der Waals surface area contributed by atoms with Gasteiger partial charge in [0.1, 0.15) is 11.4 Å². The fourth-order valence-electron chi connectivity index (χ4n) is 2.18. The number of nitrogens with zero attached hydrogens (tertiary/aromatic N) is 1. The Hall–Kier alpha value is -1.03. The second kappa shape index (κ2) is 11.2. The van der Waals surface area contributed by atoms with E-state index in [0.717, 1.165) is 11.3 Å². The van der Waals surface area contributed by atoms with E-state index in [0.29, 0.717) is 25.6 Å². The molecule has 1 aromatic rings. The molecule has 0 aromatic heterocycles. The summed E-state index contributed by atoms with van der Waals surface area (Å²) in [6, 6.07) is 7.82. The number of ether oxygens (including phenoxy) is 1. The standard InChI is InChI=1S/C20H35N3O3S.HI/c1-8-21-18(22-13-14-27(24,25)20(5,6)7)23-15-16-11-9-10-12-17(16)26-19(2,3)4;/h9-12H,8,13-15H2,1-7H3,(H2,21,22,23);1H. The fraction of sp³-hybridized carbons (Fsp3) is 0.650. The molecule has 1 aromatic carbocycles. The highest BCUT2D eigenvalue weighted by Crippen LogP contribution is 2.23. The van der Waals surface area contributed by atoms with Crippen LogP contribution in [0.1, 0.15) is 54.0 Å². The minimum Gasteiger partial charge on any atom is -0.488 e. The molecule has 28 heavy (non-hydrogen) atoms. The van der Waals surface area contributed by atoms with Gasteiger partial charge in [0.25, 0.3) is 0 Å². The molecule has 162 valence electrons. The van der Waals surface area contributed by atoms with E-state index in [2.05, 4.69) is 15.6 Å². The Labute approximate surface area is 187 Å². The average Bonchev–Trinajstić information content (AvgIpc) is 2.51. The highest BCUT2D eigenvalue weighted by atomic mass is 127. The smallest absolute Gasteiger partial charge is 0.191 e. The van der Waals surface area contributed by atoms with Gasteiger partial charge in [-0.1, -0.05) is 18.2 Å². The summed E-state index contributed by atoms with van der Waals surface area (Å²) in [5.41, 5.74) is 0.691. The maximum atomic E-state index is 12.2.